The molecule has 2 saturated heterocycles. The van der Waals surface area contributed by atoms with Crippen molar-refractivity contribution in [1.29, 1.82) is 0 Å². The molecule has 2 aromatic heterocycles. The highest BCUT2D eigenvalue weighted by Gasteiger charge is 2.32. The van der Waals surface area contributed by atoms with Gasteiger partial charge < -0.3 is 20.2 Å². The molecule has 2 fully saturated rings. The number of nitrogens with one attached hydrogen (secondary N) is 4. The molecule has 12 heteroatoms. The number of carbonyl (C=O) groups excluding carboxylic acids is 2. The van der Waals surface area contributed by atoms with Gasteiger partial charge in [0.2, 0.25) is 11.8 Å². The zero-order chi connectivity index (χ0) is 38.7. The van der Waals surface area contributed by atoms with Crippen LogP contribution in [0, 0.1) is 11.8 Å². The number of rotatable bonds is 14. The highest BCUT2D eigenvalue weighted by atomic mass is 32.2. The summed E-state index contributed by atoms with van der Waals surface area (Å²) in [5.74, 6) is 8.26. The number of likely N-dealkylation sites (tertiary alicyclic amines) is 2. The second kappa shape index (κ2) is 19.0. The second-order valence-corrected chi connectivity index (χ2v) is 15.7. The lowest BCUT2D eigenvalue weighted by Crippen LogP contribution is -2.43. The molecule has 0 aliphatic carbocycles. The van der Waals surface area contributed by atoms with Gasteiger partial charge in [0.25, 0.3) is 0 Å². The topological polar surface area (TPSA) is 139 Å². The zero-order valence-corrected chi connectivity index (χ0v) is 32.7. The maximum absolute atomic E-state index is 13.3. The number of carbonyl (C=O) groups is 2. The number of H-pyrrole nitrogens is 2. The van der Waals surface area contributed by atoms with E-state index in [0.717, 1.165) is 109 Å². The molecule has 2 aliphatic heterocycles. The molecule has 0 spiro atoms. The molecule has 0 radical (unpaired) electrons. The Bertz CT molecular complexity index is 2150. The lowest BCUT2D eigenvalue weighted by Gasteiger charge is -2.34. The average Bonchev–Trinajstić information content (AvgIpc) is 4.03. The summed E-state index contributed by atoms with van der Waals surface area (Å²) in [6.45, 7) is 3.29. The molecule has 3 aromatic carbocycles. The predicted molar refractivity (Wildman–Crippen MR) is 220 cm³/mol. The molecule has 2 aliphatic rings. The van der Waals surface area contributed by atoms with Crippen molar-refractivity contribution in [2.75, 3.05) is 39.0 Å². The second-order valence-electron chi connectivity index (χ2n) is 14.5. The highest BCUT2D eigenvalue weighted by Crippen LogP contribution is 2.32. The molecule has 7 rings (SSSR count). The third-order valence-electron chi connectivity index (χ3n) is 10.5. The monoisotopic (exact) mass is 770 g/mol. The van der Waals surface area contributed by atoms with Gasteiger partial charge in [-0.25, -0.2) is 18.9 Å². The molecule has 0 bridgehead atoms. The van der Waals surface area contributed by atoms with E-state index in [9.17, 15) is 13.8 Å². The summed E-state index contributed by atoms with van der Waals surface area (Å²) in [5, 5.41) is 3.21. The van der Waals surface area contributed by atoms with Gasteiger partial charge in [0.1, 0.15) is 17.7 Å². The van der Waals surface area contributed by atoms with Gasteiger partial charge in [-0.05, 0) is 92.6 Å². The van der Waals surface area contributed by atoms with Crippen LogP contribution in [0.1, 0.15) is 85.4 Å². The van der Waals surface area contributed by atoms with Gasteiger partial charge in [-0.15, -0.1) is 0 Å². The number of unbranched alkanes of at least 4 members (excludes halogenated alkanes) is 1. The fraction of sp³-hybridized carbons (Fsp3) is 0.364. The van der Waals surface area contributed by atoms with Crippen molar-refractivity contribution in [3.8, 4) is 34.4 Å². The summed E-state index contributed by atoms with van der Waals surface area (Å²) in [6, 6.07) is 26.0. The first kappa shape index (κ1) is 38.9. The number of hydrogen-bond donors (Lipinski definition) is 4. The smallest absolute Gasteiger partial charge is 0.241 e. The minimum atomic E-state index is -1.24. The summed E-state index contributed by atoms with van der Waals surface area (Å²) in [5.41, 5.74) is 6.78. The van der Waals surface area contributed by atoms with E-state index in [-0.39, 0.29) is 30.4 Å². The average molecular weight is 771 g/mol. The Kier molecular flexibility index (Phi) is 13.2. The number of aromatic nitrogens is 4. The summed E-state index contributed by atoms with van der Waals surface area (Å²) < 4.78 is 14.1. The number of imidazole rings is 2. The molecule has 5 aromatic rings. The van der Waals surface area contributed by atoms with E-state index in [0.29, 0.717) is 13.1 Å². The van der Waals surface area contributed by atoms with Crippen LogP contribution in [0.4, 0.5) is 0 Å². The molecular formula is C44H50N8O3S. The Hall–Kier alpha value is -5.35. The van der Waals surface area contributed by atoms with Crippen molar-refractivity contribution in [2.24, 2.45) is 0 Å². The Balaban J connectivity index is 0.870. The van der Waals surface area contributed by atoms with Crippen molar-refractivity contribution in [1.82, 2.24) is 39.8 Å². The predicted octanol–water partition coefficient (Wildman–Crippen LogP) is 6.08. The number of piperidine rings is 1. The third kappa shape index (κ3) is 10.1. The number of aryl methyl sites for hydroxylation is 1. The standard InChI is InChI=1S/C44H50N8O3S/c1-56(55)48-31-41(53)52-28-10-13-39(52)43-47-30-38(50-43)35-23-19-33(20-24-35)16-15-32-17-21-34(22-18-32)37-29-46-40(49-37)14-6-7-25-45-44(54)42(36-11-4-2-5-12-36)51-26-8-3-9-27-51/h2,4-5,11-12,17-24,29-30,39,42,48H,3,6-10,13-14,25-28,31H2,1H3,(H,45,54)(H,46,49)(H,47,50). The van der Waals surface area contributed by atoms with Crippen LogP contribution in [0.25, 0.3) is 22.5 Å². The zero-order valence-electron chi connectivity index (χ0n) is 31.9. The van der Waals surface area contributed by atoms with E-state index in [1.165, 1.54) is 12.7 Å². The largest absolute Gasteiger partial charge is 0.354 e. The van der Waals surface area contributed by atoms with E-state index in [2.05, 4.69) is 71.0 Å². The quantitative estimate of drug-likeness (QED) is 0.0798. The van der Waals surface area contributed by atoms with Crippen LogP contribution in [0.5, 0.6) is 0 Å². The van der Waals surface area contributed by atoms with E-state index < -0.39 is 11.0 Å². The van der Waals surface area contributed by atoms with Gasteiger partial charge in [-0.3, -0.25) is 14.5 Å². The normalized spacial score (nSPS) is 16.9. The number of amides is 2. The van der Waals surface area contributed by atoms with E-state index in [1.807, 2.05) is 65.7 Å². The van der Waals surface area contributed by atoms with Crippen molar-refractivity contribution < 1.29 is 13.8 Å². The van der Waals surface area contributed by atoms with Crippen LogP contribution in [-0.4, -0.2) is 84.7 Å². The first-order valence-electron chi connectivity index (χ1n) is 19.7. The minimum Gasteiger partial charge on any atom is -0.354 e. The van der Waals surface area contributed by atoms with Crippen molar-refractivity contribution in [3.63, 3.8) is 0 Å². The van der Waals surface area contributed by atoms with Gasteiger partial charge in [-0.1, -0.05) is 72.9 Å². The Morgan fingerprint density at radius 1 is 0.821 bits per heavy atom. The summed E-state index contributed by atoms with van der Waals surface area (Å²) in [6.07, 6.45) is 13.1. The van der Waals surface area contributed by atoms with E-state index >= 15 is 0 Å². The molecule has 11 nitrogen and oxygen atoms in total. The molecule has 0 saturated carbocycles. The van der Waals surface area contributed by atoms with E-state index in [1.54, 1.807) is 6.20 Å². The number of benzene rings is 3. The fourth-order valence-electron chi connectivity index (χ4n) is 7.58. The van der Waals surface area contributed by atoms with Crippen LogP contribution in [0.15, 0.2) is 91.3 Å². The maximum atomic E-state index is 13.3. The Labute approximate surface area is 331 Å². The molecular weight excluding hydrogens is 721 g/mol. The van der Waals surface area contributed by atoms with Crippen molar-refractivity contribution in [3.05, 3.63) is 120 Å². The Morgan fingerprint density at radius 3 is 2.16 bits per heavy atom. The number of hydrogen-bond acceptors (Lipinski definition) is 6. The van der Waals surface area contributed by atoms with Crippen LogP contribution >= 0.6 is 0 Å². The molecule has 3 unspecified atom stereocenters. The van der Waals surface area contributed by atoms with E-state index in [4.69, 9.17) is 0 Å². The third-order valence-corrected chi connectivity index (χ3v) is 11.1. The van der Waals surface area contributed by atoms with Crippen molar-refractivity contribution >= 4 is 22.8 Å². The van der Waals surface area contributed by atoms with Crippen LogP contribution in [-0.2, 0) is 27.0 Å². The van der Waals surface area contributed by atoms with Crippen LogP contribution in [0.3, 0.4) is 0 Å². The molecule has 2 amide bonds. The van der Waals surface area contributed by atoms with Crippen LogP contribution in [0.2, 0.25) is 0 Å². The fourth-order valence-corrected chi connectivity index (χ4v) is 7.91. The number of nitrogens with zero attached hydrogens (tertiary/aromatic N) is 4. The molecule has 290 valence electrons. The maximum Gasteiger partial charge on any atom is 0.241 e. The Morgan fingerprint density at radius 2 is 1.48 bits per heavy atom. The van der Waals surface area contributed by atoms with Gasteiger partial charge in [-0.2, -0.15) is 0 Å². The molecule has 4 N–H and O–H groups in total. The van der Waals surface area contributed by atoms with Gasteiger partial charge in [0.15, 0.2) is 0 Å². The van der Waals surface area contributed by atoms with Gasteiger partial charge in [0, 0.05) is 36.9 Å². The highest BCUT2D eigenvalue weighted by molar-refractivity contribution is 7.82. The summed E-state index contributed by atoms with van der Waals surface area (Å²) in [7, 11) is -1.24. The first-order chi connectivity index (χ1) is 27.4. The van der Waals surface area contributed by atoms with Gasteiger partial charge in [0.05, 0.1) is 47.4 Å². The summed E-state index contributed by atoms with van der Waals surface area (Å²) >= 11 is 0. The number of aromatic amines is 2. The molecule has 56 heavy (non-hydrogen) atoms. The van der Waals surface area contributed by atoms with Gasteiger partial charge >= 0.3 is 0 Å². The summed E-state index contributed by atoms with van der Waals surface area (Å²) in [4.78, 5) is 46.2. The lowest BCUT2D eigenvalue weighted by atomic mass is 10.0. The first-order valence-corrected chi connectivity index (χ1v) is 21.2. The SMILES string of the molecule is CS(=O)NCC(=O)N1CCCC1c1ncc(-c2ccc(C#Cc3ccc(-c4cnc(CCCCNC(=O)C(c5ccccc5)N5CCCCC5)[nH]4)cc3)cc2)[nH]1. The minimum absolute atomic E-state index is 0.0476. The molecule has 4 heterocycles. The molecule has 3 atom stereocenters. The van der Waals surface area contributed by atoms with Crippen LogP contribution < -0.4 is 10.0 Å². The van der Waals surface area contributed by atoms with Crippen molar-refractivity contribution in [2.45, 2.75) is 63.5 Å². The lowest BCUT2D eigenvalue weighted by molar-refractivity contribution is -0.131.